The third-order valence-corrected chi connectivity index (χ3v) is 4.59. The van der Waals surface area contributed by atoms with Crippen molar-refractivity contribution in [1.82, 2.24) is 10.1 Å². The maximum Gasteiger partial charge on any atom is 0.248 e. The third-order valence-electron chi connectivity index (χ3n) is 4.59. The molecular weight excluding hydrogens is 345 g/mol. The van der Waals surface area contributed by atoms with E-state index in [2.05, 4.69) is 26.5 Å². The summed E-state index contributed by atoms with van der Waals surface area (Å²) in [4.78, 5) is 8.51. The van der Waals surface area contributed by atoms with Crippen molar-refractivity contribution in [2.45, 2.75) is 32.2 Å². The number of fused-ring (bicyclic) bond motifs is 1. The Balaban J connectivity index is 1.44. The van der Waals surface area contributed by atoms with Gasteiger partial charge in [0.15, 0.2) is 5.96 Å². The SMILES string of the molecule is NC(=NCc1nc(-c2cccc(F)c2)no1)Nc1cccc2c1CCCC2. The van der Waals surface area contributed by atoms with E-state index in [0.29, 0.717) is 23.2 Å². The number of aliphatic imine (C=N–C) groups is 1. The van der Waals surface area contributed by atoms with Gasteiger partial charge in [0.1, 0.15) is 12.4 Å². The summed E-state index contributed by atoms with van der Waals surface area (Å²) in [5, 5.41) is 7.04. The van der Waals surface area contributed by atoms with E-state index in [1.165, 1.54) is 36.1 Å². The van der Waals surface area contributed by atoms with Crippen LogP contribution in [0.25, 0.3) is 11.4 Å². The highest BCUT2D eigenvalue weighted by atomic mass is 19.1. The minimum absolute atomic E-state index is 0.149. The van der Waals surface area contributed by atoms with Crippen LogP contribution >= 0.6 is 0 Å². The van der Waals surface area contributed by atoms with E-state index in [-0.39, 0.29) is 12.4 Å². The summed E-state index contributed by atoms with van der Waals surface area (Å²) >= 11 is 0. The topological polar surface area (TPSA) is 89.3 Å². The summed E-state index contributed by atoms with van der Waals surface area (Å²) in [6, 6.07) is 12.2. The Bertz CT molecular complexity index is 982. The van der Waals surface area contributed by atoms with Gasteiger partial charge in [-0.1, -0.05) is 29.4 Å². The molecule has 3 N–H and O–H groups in total. The Morgan fingerprint density at radius 3 is 2.93 bits per heavy atom. The van der Waals surface area contributed by atoms with Crippen LogP contribution in [-0.2, 0) is 19.4 Å². The molecule has 0 aliphatic heterocycles. The summed E-state index contributed by atoms with van der Waals surface area (Å²) < 4.78 is 18.5. The molecule has 0 atom stereocenters. The molecule has 1 aromatic heterocycles. The number of nitrogens with two attached hydrogens (primary N) is 1. The van der Waals surface area contributed by atoms with Gasteiger partial charge in [0.05, 0.1) is 0 Å². The lowest BCUT2D eigenvalue weighted by Crippen LogP contribution is -2.24. The lowest BCUT2D eigenvalue weighted by Gasteiger charge is -2.19. The predicted molar refractivity (Wildman–Crippen MR) is 102 cm³/mol. The molecule has 7 heteroatoms. The van der Waals surface area contributed by atoms with Gasteiger partial charge < -0.3 is 15.6 Å². The van der Waals surface area contributed by atoms with E-state index in [4.69, 9.17) is 10.3 Å². The van der Waals surface area contributed by atoms with Crippen LogP contribution in [0.4, 0.5) is 10.1 Å². The van der Waals surface area contributed by atoms with E-state index in [1.54, 1.807) is 12.1 Å². The normalized spacial score (nSPS) is 14.0. The van der Waals surface area contributed by atoms with Crippen molar-refractivity contribution in [3.63, 3.8) is 0 Å². The fourth-order valence-electron chi connectivity index (χ4n) is 3.29. The van der Waals surface area contributed by atoms with Crippen molar-refractivity contribution in [2.75, 3.05) is 5.32 Å². The third kappa shape index (κ3) is 3.97. The number of guanidine groups is 1. The summed E-state index contributed by atoms with van der Waals surface area (Å²) in [6.45, 7) is 0.149. The quantitative estimate of drug-likeness (QED) is 0.544. The molecule has 4 rings (SSSR count). The van der Waals surface area contributed by atoms with Crippen molar-refractivity contribution in [2.24, 2.45) is 10.7 Å². The van der Waals surface area contributed by atoms with E-state index in [0.717, 1.165) is 18.5 Å². The zero-order valence-corrected chi connectivity index (χ0v) is 14.8. The molecule has 0 fully saturated rings. The molecule has 27 heavy (non-hydrogen) atoms. The van der Waals surface area contributed by atoms with Gasteiger partial charge in [-0.15, -0.1) is 0 Å². The smallest absolute Gasteiger partial charge is 0.248 e. The standard InChI is InChI=1S/C20H20FN5O/c21-15-8-3-7-14(11-15)19-25-18(27-26-19)12-23-20(22)24-17-10-4-6-13-5-1-2-9-16(13)17/h3-4,6-8,10-11H,1-2,5,9,12H2,(H3,22,23,24). The fourth-order valence-corrected chi connectivity index (χ4v) is 3.29. The molecule has 0 saturated heterocycles. The Labute approximate surface area is 156 Å². The number of halogens is 1. The van der Waals surface area contributed by atoms with Gasteiger partial charge in [0.25, 0.3) is 0 Å². The molecule has 0 radical (unpaired) electrons. The monoisotopic (exact) mass is 365 g/mol. The van der Waals surface area contributed by atoms with Crippen LogP contribution < -0.4 is 11.1 Å². The number of benzene rings is 2. The number of rotatable bonds is 4. The van der Waals surface area contributed by atoms with Gasteiger partial charge in [-0.3, -0.25) is 0 Å². The molecule has 2 aromatic carbocycles. The number of nitrogens with zero attached hydrogens (tertiary/aromatic N) is 3. The molecule has 0 unspecified atom stereocenters. The first-order valence-electron chi connectivity index (χ1n) is 8.95. The van der Waals surface area contributed by atoms with E-state index in [9.17, 15) is 4.39 Å². The molecule has 1 aliphatic rings. The Hall–Kier alpha value is -3.22. The van der Waals surface area contributed by atoms with Crippen LogP contribution in [0.2, 0.25) is 0 Å². The molecule has 0 spiro atoms. The highest BCUT2D eigenvalue weighted by molar-refractivity contribution is 5.93. The Kier molecular flexibility index (Phi) is 4.82. The fraction of sp³-hybridized carbons (Fsp3) is 0.250. The summed E-state index contributed by atoms with van der Waals surface area (Å²) in [6.07, 6.45) is 4.57. The second-order valence-corrected chi connectivity index (χ2v) is 6.50. The van der Waals surface area contributed by atoms with Crippen molar-refractivity contribution in [1.29, 1.82) is 0 Å². The number of hydrogen-bond donors (Lipinski definition) is 2. The first kappa shape index (κ1) is 17.2. The van der Waals surface area contributed by atoms with Gasteiger partial charge in [-0.05, 0) is 55.0 Å². The minimum atomic E-state index is -0.350. The minimum Gasteiger partial charge on any atom is -0.370 e. The van der Waals surface area contributed by atoms with Crippen LogP contribution in [0.5, 0.6) is 0 Å². The Morgan fingerprint density at radius 1 is 1.19 bits per heavy atom. The van der Waals surface area contributed by atoms with Crippen molar-refractivity contribution in [3.8, 4) is 11.4 Å². The Morgan fingerprint density at radius 2 is 2.04 bits per heavy atom. The number of aryl methyl sites for hydroxylation is 1. The summed E-state index contributed by atoms with van der Waals surface area (Å²) in [5.74, 6) is 0.577. The summed E-state index contributed by atoms with van der Waals surface area (Å²) in [7, 11) is 0. The lowest BCUT2D eigenvalue weighted by atomic mass is 9.90. The number of aromatic nitrogens is 2. The average molecular weight is 365 g/mol. The maximum atomic E-state index is 13.3. The van der Waals surface area contributed by atoms with Gasteiger partial charge in [0.2, 0.25) is 11.7 Å². The van der Waals surface area contributed by atoms with Gasteiger partial charge >= 0.3 is 0 Å². The van der Waals surface area contributed by atoms with Crippen LogP contribution in [0.1, 0.15) is 29.9 Å². The molecule has 6 nitrogen and oxygen atoms in total. The molecule has 138 valence electrons. The van der Waals surface area contributed by atoms with Crippen LogP contribution in [-0.4, -0.2) is 16.1 Å². The van der Waals surface area contributed by atoms with Crippen LogP contribution in [0.15, 0.2) is 52.0 Å². The number of hydrogen-bond acceptors (Lipinski definition) is 4. The van der Waals surface area contributed by atoms with Crippen LogP contribution in [0, 0.1) is 5.82 Å². The first-order chi connectivity index (χ1) is 13.2. The molecule has 1 aliphatic carbocycles. The summed E-state index contributed by atoms with van der Waals surface area (Å²) in [5.41, 5.74) is 10.3. The molecule has 3 aromatic rings. The van der Waals surface area contributed by atoms with Gasteiger partial charge in [-0.25, -0.2) is 9.38 Å². The molecule has 0 amide bonds. The van der Waals surface area contributed by atoms with Crippen molar-refractivity contribution < 1.29 is 8.91 Å². The van der Waals surface area contributed by atoms with Crippen molar-refractivity contribution in [3.05, 3.63) is 65.3 Å². The molecular formula is C20H20FN5O. The molecule has 0 bridgehead atoms. The van der Waals surface area contributed by atoms with Gasteiger partial charge in [0, 0.05) is 11.3 Å². The van der Waals surface area contributed by atoms with Gasteiger partial charge in [-0.2, -0.15) is 4.98 Å². The second-order valence-electron chi connectivity index (χ2n) is 6.50. The molecule has 0 saturated carbocycles. The van der Waals surface area contributed by atoms with Crippen molar-refractivity contribution >= 4 is 11.6 Å². The zero-order chi connectivity index (χ0) is 18.6. The van der Waals surface area contributed by atoms with E-state index < -0.39 is 0 Å². The van der Waals surface area contributed by atoms with Crippen LogP contribution in [0.3, 0.4) is 0 Å². The highest BCUT2D eigenvalue weighted by Gasteiger charge is 2.13. The number of anilines is 1. The lowest BCUT2D eigenvalue weighted by molar-refractivity contribution is 0.381. The van der Waals surface area contributed by atoms with E-state index >= 15 is 0 Å². The number of nitrogens with one attached hydrogen (secondary N) is 1. The highest BCUT2D eigenvalue weighted by Crippen LogP contribution is 2.27. The van der Waals surface area contributed by atoms with E-state index in [1.807, 2.05) is 12.1 Å². The maximum absolute atomic E-state index is 13.3. The predicted octanol–water partition coefficient (Wildman–Crippen LogP) is 3.68. The zero-order valence-electron chi connectivity index (χ0n) is 14.8. The first-order valence-corrected chi connectivity index (χ1v) is 8.95. The molecule has 1 heterocycles. The largest absolute Gasteiger partial charge is 0.370 e. The average Bonchev–Trinajstić information content (AvgIpc) is 3.16. The second kappa shape index (κ2) is 7.57.